The molecule has 16 nitrogen and oxygen atoms in total. The molecule has 5 heterocycles. The summed E-state index contributed by atoms with van der Waals surface area (Å²) in [6.45, 7) is 1.34. The largest absolute Gasteiger partial charge is 0.503 e. The number of aryl methyl sites for hydroxylation is 1. The Morgan fingerprint density at radius 3 is 2.79 bits per heavy atom. The number of carboxylic acid groups (broad SMARTS) is 1. The van der Waals surface area contributed by atoms with Crippen LogP contribution >= 0.6 is 46.2 Å². The molecule has 0 aromatic carbocycles. The number of fused-ring (bicyclic) bond motifs is 1. The molecular weight excluding hydrogens is 633 g/mol. The molecule has 220 valence electrons. The lowest BCUT2D eigenvalue weighted by Gasteiger charge is -2.49. The number of nitrogen functional groups attached to an aromatic ring is 1. The van der Waals surface area contributed by atoms with Crippen LogP contribution in [0.1, 0.15) is 16.4 Å². The molecule has 0 bridgehead atoms. The van der Waals surface area contributed by atoms with Gasteiger partial charge in [-0.3, -0.25) is 19.3 Å². The molecule has 5 rings (SSSR count). The number of aromatic hydroxyl groups is 1. The second-order valence-electron chi connectivity index (χ2n) is 8.64. The fourth-order valence-corrected chi connectivity index (χ4v) is 7.76. The van der Waals surface area contributed by atoms with Crippen LogP contribution in [0, 0.1) is 6.92 Å². The number of nitrogens with zero attached hydrogens (tertiary/aromatic N) is 6. The zero-order chi connectivity index (χ0) is 30.1. The maximum absolute atomic E-state index is 13.3. The minimum atomic E-state index is -1.26. The van der Waals surface area contributed by atoms with E-state index in [1.807, 2.05) is 6.92 Å². The molecule has 0 aliphatic carbocycles. The van der Waals surface area contributed by atoms with E-state index in [2.05, 4.69) is 25.7 Å². The molecule has 1 fully saturated rings. The van der Waals surface area contributed by atoms with Crippen LogP contribution < -0.4 is 16.5 Å². The molecule has 0 spiro atoms. The van der Waals surface area contributed by atoms with Crippen molar-refractivity contribution in [2.45, 2.75) is 29.3 Å². The number of carbonyl (C=O) groups is 3. The standard InChI is InChI=1S/C22H20N8O8S4/c1-8-26-27-22(42-8)41-6-9-5-39-19-15(18(34)30(19)16(9)20(35)36)25-17(33)14(11-7-40-21(23)24-11)28-38-4-10-2-12(31)13(32)3-29(10)37/h2-3,7,15,19,32,37H,4-6H2,1H3,(H2,23,24)(H,25,33)(H,35,36)/b28-14-/t15-,19-/m1/s1. The van der Waals surface area contributed by atoms with Gasteiger partial charge in [0.15, 0.2) is 27.5 Å². The van der Waals surface area contributed by atoms with Gasteiger partial charge in [-0.1, -0.05) is 28.3 Å². The van der Waals surface area contributed by atoms with Crippen molar-refractivity contribution in [3.05, 3.63) is 55.5 Å². The van der Waals surface area contributed by atoms with Crippen molar-refractivity contribution in [2.75, 3.05) is 17.2 Å². The summed E-state index contributed by atoms with van der Waals surface area (Å²) in [5.41, 5.74) is 4.97. The van der Waals surface area contributed by atoms with E-state index in [-0.39, 0.29) is 27.9 Å². The first-order valence-corrected chi connectivity index (χ1v) is 15.5. The van der Waals surface area contributed by atoms with Crippen molar-refractivity contribution in [3.63, 3.8) is 0 Å². The highest BCUT2D eigenvalue weighted by Crippen LogP contribution is 2.41. The fraction of sp³-hybridized carbons (Fsp3) is 0.273. The number of β-lactam (4-membered cyclic amide) rings is 1. The summed E-state index contributed by atoms with van der Waals surface area (Å²) in [7, 11) is 0. The number of aliphatic carboxylic acids is 1. The summed E-state index contributed by atoms with van der Waals surface area (Å²) in [6, 6.07) is -0.138. The van der Waals surface area contributed by atoms with Crippen LogP contribution in [0.2, 0.25) is 0 Å². The number of pyridine rings is 1. The van der Waals surface area contributed by atoms with Gasteiger partial charge in [-0.2, -0.15) is 4.73 Å². The Morgan fingerprint density at radius 2 is 2.12 bits per heavy atom. The first-order valence-electron chi connectivity index (χ1n) is 11.7. The number of carbonyl (C=O) groups excluding carboxylic acids is 2. The van der Waals surface area contributed by atoms with Crippen molar-refractivity contribution in [1.29, 1.82) is 0 Å². The van der Waals surface area contributed by atoms with E-state index in [1.165, 1.54) is 40.2 Å². The Bertz CT molecular complexity index is 1700. The number of oxime groups is 1. The number of nitrogens with two attached hydrogens (primary N) is 1. The number of amides is 2. The maximum Gasteiger partial charge on any atom is 0.352 e. The van der Waals surface area contributed by atoms with E-state index in [4.69, 9.17) is 10.6 Å². The van der Waals surface area contributed by atoms with Gasteiger partial charge in [0.1, 0.15) is 33.5 Å². The summed E-state index contributed by atoms with van der Waals surface area (Å²) >= 11 is 5.05. The van der Waals surface area contributed by atoms with E-state index in [1.54, 1.807) is 0 Å². The highest BCUT2D eigenvalue weighted by atomic mass is 32.2. The van der Waals surface area contributed by atoms with Gasteiger partial charge in [0, 0.05) is 23.0 Å². The molecule has 2 atom stereocenters. The van der Waals surface area contributed by atoms with E-state index >= 15 is 0 Å². The lowest BCUT2D eigenvalue weighted by atomic mass is 10.0. The average molecular weight is 653 g/mol. The van der Waals surface area contributed by atoms with Gasteiger partial charge >= 0.3 is 5.97 Å². The van der Waals surface area contributed by atoms with Crippen molar-refractivity contribution < 1.29 is 34.6 Å². The molecule has 0 radical (unpaired) electrons. The molecule has 2 aliphatic rings. The van der Waals surface area contributed by atoms with E-state index < -0.39 is 47.0 Å². The summed E-state index contributed by atoms with van der Waals surface area (Å²) in [4.78, 5) is 60.6. The number of rotatable bonds is 10. The van der Waals surface area contributed by atoms with E-state index in [0.717, 1.165) is 33.5 Å². The molecular formula is C22H20N8O8S4. The average Bonchev–Trinajstić information content (AvgIpc) is 3.57. The van der Waals surface area contributed by atoms with Crippen LogP contribution in [0.15, 0.2) is 43.2 Å². The summed E-state index contributed by atoms with van der Waals surface area (Å²) < 4.78 is 1.14. The molecule has 0 unspecified atom stereocenters. The first-order chi connectivity index (χ1) is 20.0. The number of carboxylic acids is 1. The van der Waals surface area contributed by atoms with Crippen LogP contribution in [0.4, 0.5) is 5.13 Å². The summed E-state index contributed by atoms with van der Waals surface area (Å²) in [5.74, 6) is -2.78. The van der Waals surface area contributed by atoms with Crippen molar-refractivity contribution >= 4 is 74.8 Å². The predicted molar refractivity (Wildman–Crippen MR) is 152 cm³/mol. The van der Waals surface area contributed by atoms with Gasteiger partial charge in [-0.05, 0) is 12.5 Å². The predicted octanol–water partition coefficient (Wildman–Crippen LogP) is 0.442. The minimum Gasteiger partial charge on any atom is -0.503 e. The number of aromatic nitrogens is 4. The number of anilines is 1. The molecule has 6 N–H and O–H groups in total. The molecule has 1 saturated heterocycles. The Labute approximate surface area is 251 Å². The lowest BCUT2D eigenvalue weighted by molar-refractivity contribution is -0.150. The van der Waals surface area contributed by atoms with Crippen LogP contribution in [0.3, 0.4) is 0 Å². The molecule has 3 aromatic rings. The maximum atomic E-state index is 13.3. The highest BCUT2D eigenvalue weighted by Gasteiger charge is 2.54. The zero-order valence-electron chi connectivity index (χ0n) is 21.3. The third kappa shape index (κ3) is 5.91. The van der Waals surface area contributed by atoms with Gasteiger partial charge < -0.3 is 31.3 Å². The summed E-state index contributed by atoms with van der Waals surface area (Å²) in [6.07, 6.45) is 0.774. The number of hydrogen-bond acceptors (Lipinski definition) is 16. The Morgan fingerprint density at radius 1 is 1.33 bits per heavy atom. The smallest absolute Gasteiger partial charge is 0.352 e. The molecule has 42 heavy (non-hydrogen) atoms. The monoisotopic (exact) mass is 652 g/mol. The number of nitrogens with one attached hydrogen (secondary N) is 1. The van der Waals surface area contributed by atoms with Gasteiger partial charge in [-0.25, -0.2) is 9.78 Å². The van der Waals surface area contributed by atoms with Crippen LogP contribution in [0.5, 0.6) is 5.75 Å². The van der Waals surface area contributed by atoms with Crippen LogP contribution in [-0.4, -0.2) is 86.6 Å². The van der Waals surface area contributed by atoms with Crippen molar-refractivity contribution in [3.8, 4) is 5.75 Å². The summed E-state index contributed by atoms with van der Waals surface area (Å²) in [5, 5.41) is 45.2. The fourth-order valence-electron chi connectivity index (χ4n) is 3.91. The SMILES string of the molecule is Cc1nnc(SCC2=C(C(=O)O)N3C(=O)[C@@H](NC(=O)/C(=N\OCc4cc(=O)c(O)cn4O)c4csc(N)n4)[C@H]3SC2)s1. The molecule has 20 heteroatoms. The zero-order valence-corrected chi connectivity index (χ0v) is 24.6. The third-order valence-electron chi connectivity index (χ3n) is 5.85. The lowest BCUT2D eigenvalue weighted by Crippen LogP contribution is -2.71. The molecule has 3 aromatic heterocycles. The Balaban J connectivity index is 1.31. The number of thiazole rings is 1. The Hall–Kier alpha value is -4.14. The first kappa shape index (κ1) is 29.4. The molecule has 2 aliphatic heterocycles. The van der Waals surface area contributed by atoms with Gasteiger partial charge in [0.05, 0.1) is 6.20 Å². The Kier molecular flexibility index (Phi) is 8.38. The van der Waals surface area contributed by atoms with Crippen LogP contribution in [0.25, 0.3) is 0 Å². The van der Waals surface area contributed by atoms with Gasteiger partial charge in [0.2, 0.25) is 5.43 Å². The molecule has 2 amide bonds. The van der Waals surface area contributed by atoms with Gasteiger partial charge in [-0.15, -0.1) is 33.3 Å². The second kappa shape index (κ2) is 12.0. The minimum absolute atomic E-state index is 0.0411. The van der Waals surface area contributed by atoms with Crippen LogP contribution in [-0.2, 0) is 25.8 Å². The van der Waals surface area contributed by atoms with E-state index in [0.29, 0.717) is 26.1 Å². The van der Waals surface area contributed by atoms with Crippen molar-refractivity contribution in [1.82, 2.24) is 30.1 Å². The van der Waals surface area contributed by atoms with E-state index in [9.17, 15) is 34.6 Å². The highest BCUT2D eigenvalue weighted by molar-refractivity contribution is 8.01. The third-order valence-corrected chi connectivity index (χ3v) is 9.92. The topological polar surface area (TPSA) is 235 Å². The van der Waals surface area contributed by atoms with Crippen molar-refractivity contribution in [2.24, 2.45) is 5.16 Å². The second-order valence-corrected chi connectivity index (χ2v) is 13.0. The van der Waals surface area contributed by atoms with Gasteiger partial charge in [0.25, 0.3) is 11.8 Å². The quantitative estimate of drug-likeness (QED) is 0.0657. The number of thioether (sulfide) groups is 2. The molecule has 0 saturated carbocycles. The number of hydrogen-bond donors (Lipinski definition) is 5. The normalized spacial score (nSPS) is 18.5.